The molecule has 0 aromatic heterocycles. The normalized spacial score (nSPS) is 26.5. The van der Waals surface area contributed by atoms with Crippen LogP contribution in [0.25, 0.3) is 0 Å². The average molecular weight is 309 g/mol. The van der Waals surface area contributed by atoms with Crippen LogP contribution in [0.1, 0.15) is 16.8 Å². The highest BCUT2D eigenvalue weighted by Crippen LogP contribution is 2.30. The first-order chi connectivity index (χ1) is 9.98. The van der Waals surface area contributed by atoms with Gasteiger partial charge in [0, 0.05) is 18.7 Å². The van der Waals surface area contributed by atoms with Crippen molar-refractivity contribution >= 4 is 15.9 Å². The molecular formula is C14H19N3O3S. The van der Waals surface area contributed by atoms with Gasteiger partial charge in [0.05, 0.1) is 4.90 Å². The van der Waals surface area contributed by atoms with Crippen molar-refractivity contribution in [2.45, 2.75) is 11.3 Å². The smallest absolute Gasteiger partial charge is 0.248 e. The molecule has 2 fully saturated rings. The van der Waals surface area contributed by atoms with Gasteiger partial charge in [-0.15, -0.1) is 0 Å². The first-order valence-electron chi connectivity index (χ1n) is 7.09. The molecule has 3 rings (SSSR count). The molecule has 0 spiro atoms. The summed E-state index contributed by atoms with van der Waals surface area (Å²) in [6, 6.07) is 5.82. The molecule has 2 atom stereocenters. The second kappa shape index (κ2) is 5.40. The van der Waals surface area contributed by atoms with Gasteiger partial charge < -0.3 is 11.1 Å². The zero-order valence-corrected chi connectivity index (χ0v) is 12.5. The van der Waals surface area contributed by atoms with Gasteiger partial charge in [-0.3, -0.25) is 4.79 Å². The predicted octanol–water partition coefficient (Wildman–Crippen LogP) is 0.0155. The van der Waals surface area contributed by atoms with Gasteiger partial charge in [-0.25, -0.2) is 8.42 Å². The molecule has 0 aliphatic carbocycles. The van der Waals surface area contributed by atoms with Crippen LogP contribution in [-0.4, -0.2) is 44.8 Å². The van der Waals surface area contributed by atoms with E-state index in [0.29, 0.717) is 30.5 Å². The van der Waals surface area contributed by atoms with E-state index in [9.17, 15) is 13.2 Å². The van der Waals surface area contributed by atoms with Crippen LogP contribution in [0.4, 0.5) is 0 Å². The largest absolute Gasteiger partial charge is 0.366 e. The Bertz CT molecular complexity index is 642. The third kappa shape index (κ3) is 2.68. The highest BCUT2D eigenvalue weighted by Gasteiger charge is 2.37. The maximum atomic E-state index is 12.6. The number of piperidine rings is 1. The number of carbonyl (C=O) groups is 1. The van der Waals surface area contributed by atoms with Crippen LogP contribution in [0.2, 0.25) is 0 Å². The Morgan fingerprint density at radius 1 is 1.19 bits per heavy atom. The number of nitrogens with two attached hydrogens (primary N) is 1. The SMILES string of the molecule is NC(=O)c1ccc(S(=O)(=O)N2CCC3CNCC3C2)cc1. The number of carbonyl (C=O) groups excluding carboxylic acids is 1. The van der Waals surface area contributed by atoms with E-state index < -0.39 is 15.9 Å². The summed E-state index contributed by atoms with van der Waals surface area (Å²) < 4.78 is 26.8. The number of amides is 1. The van der Waals surface area contributed by atoms with Crippen molar-refractivity contribution in [3.05, 3.63) is 29.8 Å². The third-order valence-electron chi connectivity index (χ3n) is 4.44. The van der Waals surface area contributed by atoms with Crippen LogP contribution < -0.4 is 11.1 Å². The van der Waals surface area contributed by atoms with Crippen molar-refractivity contribution < 1.29 is 13.2 Å². The Morgan fingerprint density at radius 3 is 2.52 bits per heavy atom. The lowest BCUT2D eigenvalue weighted by Crippen LogP contribution is -2.43. The van der Waals surface area contributed by atoms with E-state index in [4.69, 9.17) is 5.73 Å². The first-order valence-corrected chi connectivity index (χ1v) is 8.53. The summed E-state index contributed by atoms with van der Waals surface area (Å²) in [5, 5.41) is 3.32. The van der Waals surface area contributed by atoms with Crippen molar-refractivity contribution in [3.8, 4) is 0 Å². The van der Waals surface area contributed by atoms with Crippen LogP contribution >= 0.6 is 0 Å². The molecule has 114 valence electrons. The summed E-state index contributed by atoms with van der Waals surface area (Å²) in [5.74, 6) is 0.434. The molecule has 1 amide bonds. The standard InChI is InChI=1S/C14H19N3O3S/c15-14(18)10-1-3-13(4-2-10)21(19,20)17-6-5-11-7-16-8-12(11)9-17/h1-4,11-12,16H,5-9H2,(H2,15,18). The van der Waals surface area contributed by atoms with E-state index in [1.165, 1.54) is 24.3 Å². The fourth-order valence-electron chi connectivity index (χ4n) is 3.16. The summed E-state index contributed by atoms with van der Waals surface area (Å²) in [5.41, 5.74) is 5.48. The van der Waals surface area contributed by atoms with Gasteiger partial charge in [0.15, 0.2) is 0 Å². The monoisotopic (exact) mass is 309 g/mol. The lowest BCUT2D eigenvalue weighted by Gasteiger charge is -2.33. The summed E-state index contributed by atoms with van der Waals surface area (Å²) in [6.45, 7) is 3.00. The number of primary amides is 1. The van der Waals surface area contributed by atoms with E-state index >= 15 is 0 Å². The molecule has 21 heavy (non-hydrogen) atoms. The Hall–Kier alpha value is -1.44. The van der Waals surface area contributed by atoms with Gasteiger partial charge in [-0.05, 0) is 55.6 Å². The van der Waals surface area contributed by atoms with Gasteiger partial charge in [-0.1, -0.05) is 0 Å². The Balaban J connectivity index is 1.81. The molecule has 1 aromatic carbocycles. The number of hydrogen-bond donors (Lipinski definition) is 2. The number of rotatable bonds is 3. The minimum Gasteiger partial charge on any atom is -0.366 e. The second-order valence-corrected chi connectivity index (χ2v) is 7.66. The summed E-state index contributed by atoms with van der Waals surface area (Å²) in [6.07, 6.45) is 0.899. The van der Waals surface area contributed by atoms with Crippen molar-refractivity contribution in [2.75, 3.05) is 26.2 Å². The van der Waals surface area contributed by atoms with Crippen LogP contribution in [-0.2, 0) is 10.0 Å². The molecule has 3 N–H and O–H groups in total. The third-order valence-corrected chi connectivity index (χ3v) is 6.32. The molecule has 2 aliphatic rings. The number of nitrogens with one attached hydrogen (secondary N) is 1. The number of benzene rings is 1. The van der Waals surface area contributed by atoms with Crippen molar-refractivity contribution in [3.63, 3.8) is 0 Å². The zero-order valence-electron chi connectivity index (χ0n) is 11.7. The Labute approximate surface area is 124 Å². The lowest BCUT2D eigenvalue weighted by molar-refractivity contribution is 0.1000. The van der Waals surface area contributed by atoms with Crippen molar-refractivity contribution in [1.29, 1.82) is 0 Å². The summed E-state index contributed by atoms with van der Waals surface area (Å²) in [7, 11) is -3.49. The summed E-state index contributed by atoms with van der Waals surface area (Å²) >= 11 is 0. The summed E-state index contributed by atoms with van der Waals surface area (Å²) in [4.78, 5) is 11.3. The highest BCUT2D eigenvalue weighted by atomic mass is 32.2. The fourth-order valence-corrected chi connectivity index (χ4v) is 4.67. The van der Waals surface area contributed by atoms with E-state index in [0.717, 1.165) is 19.5 Å². The maximum absolute atomic E-state index is 12.6. The molecular weight excluding hydrogens is 290 g/mol. The van der Waals surface area contributed by atoms with Crippen molar-refractivity contribution in [2.24, 2.45) is 17.6 Å². The number of sulfonamides is 1. The van der Waals surface area contributed by atoms with Crippen LogP contribution in [0, 0.1) is 11.8 Å². The molecule has 2 unspecified atom stereocenters. The zero-order chi connectivity index (χ0) is 15.0. The number of fused-ring (bicyclic) bond motifs is 1. The van der Waals surface area contributed by atoms with Crippen LogP contribution in [0.3, 0.4) is 0 Å². The molecule has 0 radical (unpaired) electrons. The molecule has 1 aromatic rings. The fraction of sp³-hybridized carbons (Fsp3) is 0.500. The second-order valence-electron chi connectivity index (χ2n) is 5.72. The Kier molecular flexibility index (Phi) is 3.73. The first kappa shape index (κ1) is 14.5. The van der Waals surface area contributed by atoms with Gasteiger partial charge in [0.25, 0.3) is 0 Å². The Morgan fingerprint density at radius 2 is 1.86 bits per heavy atom. The van der Waals surface area contributed by atoms with E-state index in [-0.39, 0.29) is 4.90 Å². The molecule has 6 nitrogen and oxygen atoms in total. The van der Waals surface area contributed by atoms with Gasteiger partial charge in [0.1, 0.15) is 0 Å². The quantitative estimate of drug-likeness (QED) is 0.823. The van der Waals surface area contributed by atoms with Crippen molar-refractivity contribution in [1.82, 2.24) is 9.62 Å². The van der Waals surface area contributed by atoms with E-state index in [1.54, 1.807) is 4.31 Å². The maximum Gasteiger partial charge on any atom is 0.248 e. The molecule has 7 heteroatoms. The minimum atomic E-state index is -3.49. The van der Waals surface area contributed by atoms with E-state index in [2.05, 4.69) is 5.32 Å². The molecule has 0 saturated carbocycles. The van der Waals surface area contributed by atoms with Crippen LogP contribution in [0.15, 0.2) is 29.2 Å². The van der Waals surface area contributed by atoms with Gasteiger partial charge in [-0.2, -0.15) is 4.31 Å². The minimum absolute atomic E-state index is 0.219. The predicted molar refractivity (Wildman–Crippen MR) is 78.2 cm³/mol. The van der Waals surface area contributed by atoms with E-state index in [1.807, 2.05) is 0 Å². The number of nitrogens with zero attached hydrogens (tertiary/aromatic N) is 1. The molecule has 0 bridgehead atoms. The van der Waals surface area contributed by atoms with Gasteiger partial charge >= 0.3 is 0 Å². The highest BCUT2D eigenvalue weighted by molar-refractivity contribution is 7.89. The average Bonchev–Trinajstić information content (AvgIpc) is 2.94. The molecule has 2 saturated heterocycles. The number of hydrogen-bond acceptors (Lipinski definition) is 4. The lowest BCUT2D eigenvalue weighted by atomic mass is 9.90. The van der Waals surface area contributed by atoms with Crippen LogP contribution in [0.5, 0.6) is 0 Å². The molecule has 2 aliphatic heterocycles. The topological polar surface area (TPSA) is 92.5 Å². The molecule has 2 heterocycles. The van der Waals surface area contributed by atoms with Gasteiger partial charge in [0.2, 0.25) is 15.9 Å².